The van der Waals surface area contributed by atoms with E-state index in [1.165, 1.54) is 12.1 Å². The van der Waals surface area contributed by atoms with E-state index in [-0.39, 0.29) is 41.3 Å². The lowest BCUT2D eigenvalue weighted by Gasteiger charge is -2.19. The first-order valence-corrected chi connectivity index (χ1v) is 9.67. The molecule has 2 aliphatic rings. The largest absolute Gasteiger partial charge is 0.508 e. The number of hydrogen-bond donors (Lipinski definition) is 2. The van der Waals surface area contributed by atoms with Gasteiger partial charge in [0, 0.05) is 18.9 Å². The van der Waals surface area contributed by atoms with Crippen LogP contribution in [-0.4, -0.2) is 34.2 Å². The summed E-state index contributed by atoms with van der Waals surface area (Å²) in [6, 6.07) is 11.8. The Balaban J connectivity index is 1.71. The molecule has 150 valence electrons. The molecule has 0 aromatic heterocycles. The van der Waals surface area contributed by atoms with Gasteiger partial charge in [0.1, 0.15) is 23.2 Å². The summed E-state index contributed by atoms with van der Waals surface area (Å²) in [6.45, 7) is 0. The van der Waals surface area contributed by atoms with Crippen LogP contribution in [0.2, 0.25) is 0 Å². The number of aromatic hydroxyl groups is 2. The average Bonchev–Trinajstić information content (AvgIpc) is 3.42. The van der Waals surface area contributed by atoms with Crippen LogP contribution in [0, 0.1) is 0 Å². The molecule has 6 nitrogen and oxygen atoms in total. The number of allylic oxidation sites excluding steroid dienone is 2. The van der Waals surface area contributed by atoms with Crippen LogP contribution in [0.25, 0.3) is 0 Å². The van der Waals surface area contributed by atoms with Gasteiger partial charge in [0.2, 0.25) is 0 Å². The molecule has 2 unspecified atom stereocenters. The fourth-order valence-electron chi connectivity index (χ4n) is 3.73. The predicted octanol–water partition coefficient (Wildman–Crippen LogP) is 3.62. The van der Waals surface area contributed by atoms with E-state index >= 15 is 0 Å². The van der Waals surface area contributed by atoms with E-state index in [4.69, 9.17) is 9.47 Å². The summed E-state index contributed by atoms with van der Waals surface area (Å²) in [5.41, 5.74) is 0.959. The Kier molecular flexibility index (Phi) is 5.36. The lowest BCUT2D eigenvalue weighted by atomic mass is 9.98. The second-order valence-electron chi connectivity index (χ2n) is 7.38. The fourth-order valence-corrected chi connectivity index (χ4v) is 3.73. The molecule has 29 heavy (non-hydrogen) atoms. The van der Waals surface area contributed by atoms with Gasteiger partial charge in [-0.15, -0.1) is 0 Å². The van der Waals surface area contributed by atoms with E-state index in [1.807, 2.05) is 30.3 Å². The number of ketones is 1. The highest BCUT2D eigenvalue weighted by molar-refractivity contribution is 5.98. The number of phenolic OH excluding ortho intramolecular Hbond substituents is 2. The minimum absolute atomic E-state index is 0.0204. The van der Waals surface area contributed by atoms with Crippen LogP contribution in [-0.2, 0) is 20.7 Å². The van der Waals surface area contributed by atoms with Crippen LogP contribution < -0.4 is 0 Å². The van der Waals surface area contributed by atoms with Crippen molar-refractivity contribution in [3.05, 3.63) is 71.3 Å². The molecule has 2 aliphatic heterocycles. The van der Waals surface area contributed by atoms with Crippen molar-refractivity contribution in [1.82, 2.24) is 0 Å². The van der Waals surface area contributed by atoms with E-state index < -0.39 is 17.8 Å². The van der Waals surface area contributed by atoms with Gasteiger partial charge >= 0.3 is 5.97 Å². The van der Waals surface area contributed by atoms with Gasteiger partial charge in [-0.05, 0) is 36.1 Å². The van der Waals surface area contributed by atoms with E-state index in [0.29, 0.717) is 12.8 Å². The van der Waals surface area contributed by atoms with Crippen LogP contribution in [0.1, 0.15) is 46.9 Å². The Labute approximate surface area is 168 Å². The van der Waals surface area contributed by atoms with Crippen LogP contribution in [0.4, 0.5) is 0 Å². The van der Waals surface area contributed by atoms with Crippen molar-refractivity contribution < 1.29 is 29.3 Å². The maximum absolute atomic E-state index is 13.0. The highest BCUT2D eigenvalue weighted by Gasteiger charge is 2.41. The van der Waals surface area contributed by atoms with E-state index in [2.05, 4.69) is 0 Å². The zero-order valence-electron chi connectivity index (χ0n) is 15.8. The second-order valence-corrected chi connectivity index (χ2v) is 7.38. The number of cyclic esters (lactones) is 1. The number of phenols is 2. The Morgan fingerprint density at radius 2 is 1.79 bits per heavy atom. The standard InChI is InChI=1S/C23H22O6/c24-16-8-4-5-9-19-21(28-19)13-20(14-6-2-1-3-7-14)29-23(27)22-15(10-16)11-17(25)12-18(22)26/h1-4,6-8,11-12,19-21,25-26H,5,9-10,13H2/b8-4+/t19?,20-,21?/m0/s1. The molecule has 2 N–H and O–H groups in total. The van der Waals surface area contributed by atoms with Crippen molar-refractivity contribution in [2.45, 2.75) is 44.0 Å². The van der Waals surface area contributed by atoms with E-state index in [0.717, 1.165) is 18.1 Å². The second kappa shape index (κ2) is 8.09. The third kappa shape index (κ3) is 4.49. The molecule has 2 aromatic rings. The Hall–Kier alpha value is -3.12. The molecule has 4 rings (SSSR count). The van der Waals surface area contributed by atoms with Crippen LogP contribution in [0.15, 0.2) is 54.6 Å². The molecule has 0 amide bonds. The number of rotatable bonds is 1. The first-order valence-electron chi connectivity index (χ1n) is 9.67. The number of hydrogen-bond acceptors (Lipinski definition) is 6. The molecule has 2 heterocycles. The fraction of sp³-hybridized carbons (Fsp3) is 0.304. The Morgan fingerprint density at radius 1 is 1.00 bits per heavy atom. The lowest BCUT2D eigenvalue weighted by molar-refractivity contribution is -0.114. The summed E-state index contributed by atoms with van der Waals surface area (Å²) in [4.78, 5) is 25.3. The molecule has 3 atom stereocenters. The van der Waals surface area contributed by atoms with Gasteiger partial charge in [0.05, 0.1) is 12.2 Å². The summed E-state index contributed by atoms with van der Waals surface area (Å²) < 4.78 is 11.5. The quantitative estimate of drug-likeness (QED) is 0.567. The van der Waals surface area contributed by atoms with Crippen molar-refractivity contribution in [3.63, 3.8) is 0 Å². The molecule has 0 aliphatic carbocycles. The van der Waals surface area contributed by atoms with Gasteiger partial charge in [-0.3, -0.25) is 4.79 Å². The van der Waals surface area contributed by atoms with Gasteiger partial charge in [-0.1, -0.05) is 36.4 Å². The monoisotopic (exact) mass is 394 g/mol. The minimum Gasteiger partial charge on any atom is -0.508 e. The van der Waals surface area contributed by atoms with Crippen molar-refractivity contribution >= 4 is 11.8 Å². The molecule has 0 saturated carbocycles. The molecule has 1 fully saturated rings. The predicted molar refractivity (Wildman–Crippen MR) is 105 cm³/mol. The van der Waals surface area contributed by atoms with Gasteiger partial charge in [0.25, 0.3) is 0 Å². The third-order valence-corrected chi connectivity index (χ3v) is 5.23. The Bertz CT molecular complexity index is 949. The molecular weight excluding hydrogens is 372 g/mol. The number of fused-ring (bicyclic) bond motifs is 2. The van der Waals surface area contributed by atoms with Crippen LogP contribution >= 0.6 is 0 Å². The number of epoxide rings is 1. The van der Waals surface area contributed by atoms with Gasteiger partial charge < -0.3 is 19.7 Å². The Morgan fingerprint density at radius 3 is 2.59 bits per heavy atom. The maximum Gasteiger partial charge on any atom is 0.342 e. The van der Waals surface area contributed by atoms with Crippen LogP contribution in [0.3, 0.4) is 0 Å². The van der Waals surface area contributed by atoms with Crippen molar-refractivity contribution in [3.8, 4) is 11.5 Å². The van der Waals surface area contributed by atoms with Crippen LogP contribution in [0.5, 0.6) is 11.5 Å². The lowest BCUT2D eigenvalue weighted by Crippen LogP contribution is -2.17. The van der Waals surface area contributed by atoms with Crippen molar-refractivity contribution in [1.29, 1.82) is 0 Å². The molecule has 0 radical (unpaired) electrons. The summed E-state index contributed by atoms with van der Waals surface area (Å²) in [5, 5.41) is 20.1. The zero-order valence-corrected chi connectivity index (χ0v) is 15.8. The number of carbonyl (C=O) groups is 2. The molecule has 6 heteroatoms. The van der Waals surface area contributed by atoms with Gasteiger partial charge in [-0.25, -0.2) is 4.79 Å². The highest BCUT2D eigenvalue weighted by Crippen LogP contribution is 2.38. The molecule has 1 saturated heterocycles. The topological polar surface area (TPSA) is 96.4 Å². The van der Waals surface area contributed by atoms with Gasteiger partial charge in [-0.2, -0.15) is 0 Å². The third-order valence-electron chi connectivity index (χ3n) is 5.23. The normalized spacial score (nSPS) is 25.9. The zero-order chi connectivity index (χ0) is 20.4. The van der Waals surface area contributed by atoms with E-state index in [9.17, 15) is 19.8 Å². The minimum atomic E-state index is -0.739. The summed E-state index contributed by atoms with van der Waals surface area (Å²) >= 11 is 0. The maximum atomic E-state index is 13.0. The molecule has 0 bridgehead atoms. The first kappa shape index (κ1) is 19.2. The molecule has 0 spiro atoms. The summed E-state index contributed by atoms with van der Waals surface area (Å²) in [6.07, 6.45) is 4.66. The highest BCUT2D eigenvalue weighted by atomic mass is 16.6. The number of benzene rings is 2. The van der Waals surface area contributed by atoms with Crippen molar-refractivity contribution in [2.24, 2.45) is 0 Å². The van der Waals surface area contributed by atoms with E-state index in [1.54, 1.807) is 6.08 Å². The van der Waals surface area contributed by atoms with Gasteiger partial charge in [0.15, 0.2) is 5.78 Å². The smallest absolute Gasteiger partial charge is 0.342 e. The van der Waals surface area contributed by atoms with Crippen molar-refractivity contribution in [2.75, 3.05) is 0 Å². The number of ether oxygens (including phenoxy) is 2. The molecule has 2 aromatic carbocycles. The first-order chi connectivity index (χ1) is 14.0. The number of carbonyl (C=O) groups excluding carboxylic acids is 2. The summed E-state index contributed by atoms with van der Waals surface area (Å²) in [5.74, 6) is -1.60. The summed E-state index contributed by atoms with van der Waals surface area (Å²) in [7, 11) is 0. The number of esters is 1. The SMILES string of the molecule is O=C1/C=C/CCC2OC2C[C@@H](c2ccccc2)OC(=O)c2c(O)cc(O)cc2C1. The average molecular weight is 394 g/mol. The molecular formula is C23H22O6.